The van der Waals surface area contributed by atoms with Crippen LogP contribution in [-0.2, 0) is 6.54 Å². The molecule has 1 aromatic carbocycles. The molecule has 98 valence electrons. The van der Waals surface area contributed by atoms with Crippen molar-refractivity contribution in [2.75, 3.05) is 0 Å². The van der Waals surface area contributed by atoms with E-state index in [4.69, 9.17) is 0 Å². The van der Waals surface area contributed by atoms with Gasteiger partial charge in [0.15, 0.2) is 0 Å². The normalized spacial score (nSPS) is 11.6. The van der Waals surface area contributed by atoms with Crippen molar-refractivity contribution >= 4 is 26.8 Å². The Morgan fingerprint density at radius 1 is 1.26 bits per heavy atom. The first-order valence-electron chi connectivity index (χ1n) is 6.28. The smallest absolute Gasteiger partial charge is 0.147 e. The van der Waals surface area contributed by atoms with E-state index in [1.807, 2.05) is 4.68 Å². The molecule has 0 spiro atoms. The number of aromatic nitrogens is 4. The lowest BCUT2D eigenvalue weighted by Crippen LogP contribution is -2.11. The van der Waals surface area contributed by atoms with E-state index in [1.165, 1.54) is 10.9 Å². The molecule has 0 unspecified atom stereocenters. The molecule has 2 aromatic heterocycles. The van der Waals surface area contributed by atoms with E-state index >= 15 is 0 Å². The molecule has 2 heterocycles. The number of nitrogens with zero attached hydrogens (tertiary/aromatic N) is 4. The van der Waals surface area contributed by atoms with Gasteiger partial charge in [-0.2, -0.15) is 5.10 Å². The molecule has 0 aliphatic carbocycles. The lowest BCUT2D eigenvalue weighted by Gasteiger charge is -2.10. The van der Waals surface area contributed by atoms with Crippen LogP contribution >= 0.6 is 15.9 Å². The topological polar surface area (TPSA) is 35.6 Å². The third kappa shape index (κ3) is 2.18. The van der Waals surface area contributed by atoms with Crippen molar-refractivity contribution < 1.29 is 0 Å². The van der Waals surface area contributed by atoms with E-state index in [9.17, 15) is 0 Å². The van der Waals surface area contributed by atoms with E-state index in [0.29, 0.717) is 6.04 Å². The lowest BCUT2D eigenvalue weighted by atomic mass is 10.2. The Morgan fingerprint density at radius 3 is 2.89 bits per heavy atom. The second-order valence-electron chi connectivity index (χ2n) is 4.83. The second-order valence-corrected chi connectivity index (χ2v) is 5.69. The van der Waals surface area contributed by atoms with Crippen LogP contribution in [-0.4, -0.2) is 19.3 Å². The molecule has 0 aliphatic rings. The van der Waals surface area contributed by atoms with E-state index in [2.05, 4.69) is 74.9 Å². The van der Waals surface area contributed by atoms with Gasteiger partial charge in [0.05, 0.1) is 6.54 Å². The fraction of sp³-hybridized carbons (Fsp3) is 0.286. The van der Waals surface area contributed by atoms with Crippen molar-refractivity contribution in [3.05, 3.63) is 47.1 Å². The summed E-state index contributed by atoms with van der Waals surface area (Å²) in [5, 5.41) is 5.50. The predicted molar refractivity (Wildman–Crippen MR) is 79.1 cm³/mol. The molecule has 0 aliphatic heterocycles. The van der Waals surface area contributed by atoms with Crippen molar-refractivity contribution in [3.63, 3.8) is 0 Å². The zero-order valence-corrected chi connectivity index (χ0v) is 12.5. The fourth-order valence-electron chi connectivity index (χ4n) is 2.29. The van der Waals surface area contributed by atoms with Crippen LogP contribution in [0.15, 0.2) is 41.3 Å². The Hall–Kier alpha value is -1.62. The summed E-state index contributed by atoms with van der Waals surface area (Å²) < 4.78 is 5.28. The monoisotopic (exact) mass is 318 g/mol. The highest BCUT2D eigenvalue weighted by Gasteiger charge is 2.10. The average molecular weight is 319 g/mol. The maximum absolute atomic E-state index is 4.36. The molecule has 5 heteroatoms. The van der Waals surface area contributed by atoms with Gasteiger partial charge in [-0.15, -0.1) is 0 Å². The first kappa shape index (κ1) is 12.4. The van der Waals surface area contributed by atoms with Crippen LogP contribution < -0.4 is 0 Å². The van der Waals surface area contributed by atoms with Crippen molar-refractivity contribution in [3.8, 4) is 0 Å². The number of rotatable bonds is 3. The number of halogens is 1. The highest BCUT2D eigenvalue weighted by atomic mass is 79.9. The first-order chi connectivity index (χ1) is 9.16. The van der Waals surface area contributed by atoms with Crippen LogP contribution in [0.3, 0.4) is 0 Å². The number of hydrogen-bond acceptors (Lipinski definition) is 2. The Labute approximate surface area is 120 Å². The summed E-state index contributed by atoms with van der Waals surface area (Å²) in [4.78, 5) is 4.36. The van der Waals surface area contributed by atoms with Crippen LogP contribution in [0.5, 0.6) is 0 Å². The van der Waals surface area contributed by atoms with Crippen molar-refractivity contribution in [1.82, 2.24) is 19.3 Å². The molecule has 3 aromatic rings. The van der Waals surface area contributed by atoms with Gasteiger partial charge in [-0.25, -0.2) is 9.67 Å². The zero-order valence-electron chi connectivity index (χ0n) is 10.9. The summed E-state index contributed by atoms with van der Waals surface area (Å²) in [6.07, 6.45) is 3.71. The maximum atomic E-state index is 4.36. The van der Waals surface area contributed by atoms with E-state index in [0.717, 1.165) is 16.8 Å². The summed E-state index contributed by atoms with van der Waals surface area (Å²) in [6, 6.07) is 8.68. The Balaban J connectivity index is 2.02. The van der Waals surface area contributed by atoms with Gasteiger partial charge in [0, 0.05) is 27.6 Å². The Morgan fingerprint density at radius 2 is 2.11 bits per heavy atom. The minimum atomic E-state index is 0.325. The van der Waals surface area contributed by atoms with Crippen LogP contribution in [0.25, 0.3) is 10.9 Å². The molecular formula is C14H15BrN4. The van der Waals surface area contributed by atoms with Crippen LogP contribution in [0, 0.1) is 0 Å². The summed E-state index contributed by atoms with van der Waals surface area (Å²) in [5.74, 6) is 0.979. The summed E-state index contributed by atoms with van der Waals surface area (Å²) in [6.45, 7) is 4.96. The quantitative estimate of drug-likeness (QED) is 0.739. The minimum Gasteiger partial charge on any atom is -0.340 e. The summed E-state index contributed by atoms with van der Waals surface area (Å²) in [5.41, 5.74) is 1.20. The Kier molecular flexibility index (Phi) is 3.14. The van der Waals surface area contributed by atoms with Crippen molar-refractivity contribution in [1.29, 1.82) is 0 Å². The number of fused-ring (bicyclic) bond motifs is 1. The molecule has 19 heavy (non-hydrogen) atoms. The van der Waals surface area contributed by atoms with Crippen LogP contribution in [0.1, 0.15) is 25.7 Å². The predicted octanol–water partition coefficient (Wildman–Crippen LogP) is 3.62. The Bertz CT molecular complexity index is 711. The van der Waals surface area contributed by atoms with Gasteiger partial charge in [0.2, 0.25) is 0 Å². The molecule has 3 rings (SSSR count). The van der Waals surface area contributed by atoms with E-state index in [1.54, 1.807) is 6.33 Å². The standard InChI is InChI=1S/C14H15BrN4/c1-10(2)19-14(16-9-17-19)8-18-7-6-11-12(15)4-3-5-13(11)18/h3-7,9-10H,8H2,1-2H3. The molecule has 0 atom stereocenters. The average Bonchev–Trinajstić information content (AvgIpc) is 2.98. The van der Waals surface area contributed by atoms with Gasteiger partial charge in [-0.05, 0) is 32.0 Å². The molecule has 0 amide bonds. The number of hydrogen-bond donors (Lipinski definition) is 0. The lowest BCUT2D eigenvalue weighted by molar-refractivity contribution is 0.498. The SMILES string of the molecule is CC(C)n1ncnc1Cn1ccc2c(Br)cccc21. The molecule has 0 N–H and O–H groups in total. The maximum Gasteiger partial charge on any atom is 0.147 e. The van der Waals surface area contributed by atoms with Crippen molar-refractivity contribution in [2.24, 2.45) is 0 Å². The summed E-state index contributed by atoms with van der Waals surface area (Å²) >= 11 is 3.58. The third-order valence-electron chi connectivity index (χ3n) is 3.21. The van der Waals surface area contributed by atoms with E-state index < -0.39 is 0 Å². The van der Waals surface area contributed by atoms with E-state index in [-0.39, 0.29) is 0 Å². The van der Waals surface area contributed by atoms with Gasteiger partial charge in [0.25, 0.3) is 0 Å². The highest BCUT2D eigenvalue weighted by molar-refractivity contribution is 9.10. The first-order valence-corrected chi connectivity index (χ1v) is 7.08. The minimum absolute atomic E-state index is 0.325. The highest BCUT2D eigenvalue weighted by Crippen LogP contribution is 2.25. The van der Waals surface area contributed by atoms with Gasteiger partial charge in [-0.1, -0.05) is 22.0 Å². The zero-order chi connectivity index (χ0) is 13.4. The van der Waals surface area contributed by atoms with Crippen molar-refractivity contribution in [2.45, 2.75) is 26.4 Å². The largest absolute Gasteiger partial charge is 0.340 e. The fourth-order valence-corrected chi connectivity index (χ4v) is 2.78. The van der Waals surface area contributed by atoms with Gasteiger partial charge < -0.3 is 4.57 Å². The van der Waals surface area contributed by atoms with Gasteiger partial charge in [0.1, 0.15) is 12.2 Å². The summed E-state index contributed by atoms with van der Waals surface area (Å²) in [7, 11) is 0. The molecule has 0 bridgehead atoms. The van der Waals surface area contributed by atoms with Crippen LogP contribution in [0.2, 0.25) is 0 Å². The molecule has 0 saturated heterocycles. The molecule has 0 fully saturated rings. The number of benzene rings is 1. The molecule has 4 nitrogen and oxygen atoms in total. The van der Waals surface area contributed by atoms with Crippen LogP contribution in [0.4, 0.5) is 0 Å². The molecule has 0 radical (unpaired) electrons. The molecular weight excluding hydrogens is 304 g/mol. The molecule has 0 saturated carbocycles. The van der Waals surface area contributed by atoms with Gasteiger partial charge in [-0.3, -0.25) is 0 Å². The second kappa shape index (κ2) is 4.81. The third-order valence-corrected chi connectivity index (χ3v) is 3.90. The van der Waals surface area contributed by atoms with Gasteiger partial charge >= 0.3 is 0 Å².